The molecule has 130 valence electrons. The third kappa shape index (κ3) is 3.68. The molecule has 6 nitrogen and oxygen atoms in total. The average molecular weight is 348 g/mol. The fourth-order valence-corrected chi connectivity index (χ4v) is 2.12. The molecule has 1 aromatic heterocycles. The Morgan fingerprint density at radius 3 is 2.48 bits per heavy atom. The molecule has 0 aliphatic heterocycles. The van der Waals surface area contributed by atoms with Gasteiger partial charge in [-0.05, 0) is 24.3 Å². The van der Waals surface area contributed by atoms with Crippen molar-refractivity contribution in [1.82, 2.24) is 10.1 Å². The first-order valence-electron chi connectivity index (χ1n) is 7.23. The number of halogens is 2. The highest BCUT2D eigenvalue weighted by atomic mass is 19.2. The number of ether oxygens (including phenoxy) is 3. The molecule has 0 amide bonds. The van der Waals surface area contributed by atoms with Crippen molar-refractivity contribution in [1.29, 1.82) is 0 Å². The molecule has 1 heterocycles. The summed E-state index contributed by atoms with van der Waals surface area (Å²) in [7, 11) is 3.07. The minimum Gasteiger partial charge on any atom is -0.497 e. The second kappa shape index (κ2) is 7.16. The Morgan fingerprint density at radius 2 is 1.76 bits per heavy atom. The van der Waals surface area contributed by atoms with Gasteiger partial charge < -0.3 is 18.7 Å². The standard InChI is InChI=1S/C17H14F2N2O4/c1-22-10-3-5-12(15(8-10)23-2)17-20-16(25-21-17)9-24-11-4-6-13(18)14(19)7-11/h3-8H,9H2,1-2H3. The van der Waals surface area contributed by atoms with Gasteiger partial charge >= 0.3 is 0 Å². The van der Waals surface area contributed by atoms with Crippen molar-refractivity contribution < 1.29 is 27.5 Å². The third-order valence-electron chi connectivity index (χ3n) is 3.37. The molecule has 0 aliphatic rings. The summed E-state index contributed by atoms with van der Waals surface area (Å²) in [5.41, 5.74) is 0.617. The van der Waals surface area contributed by atoms with Crippen molar-refractivity contribution >= 4 is 0 Å². The molecule has 2 aromatic carbocycles. The van der Waals surface area contributed by atoms with Gasteiger partial charge in [-0.1, -0.05) is 5.16 Å². The van der Waals surface area contributed by atoms with Gasteiger partial charge in [0.05, 0.1) is 19.8 Å². The lowest BCUT2D eigenvalue weighted by Crippen LogP contribution is -1.97. The summed E-state index contributed by atoms with van der Waals surface area (Å²) in [6.07, 6.45) is 0. The molecule has 3 aromatic rings. The van der Waals surface area contributed by atoms with Crippen LogP contribution in [0.25, 0.3) is 11.4 Å². The van der Waals surface area contributed by atoms with Crippen molar-refractivity contribution in [2.75, 3.05) is 14.2 Å². The zero-order valence-corrected chi connectivity index (χ0v) is 13.5. The Labute approximate surface area is 141 Å². The fraction of sp³-hybridized carbons (Fsp3) is 0.176. The predicted molar refractivity (Wildman–Crippen MR) is 83.5 cm³/mol. The summed E-state index contributed by atoms with van der Waals surface area (Å²) in [6, 6.07) is 8.41. The van der Waals surface area contributed by atoms with Gasteiger partial charge in [0.25, 0.3) is 5.89 Å². The van der Waals surface area contributed by atoms with Crippen LogP contribution in [0.3, 0.4) is 0 Å². The Kier molecular flexibility index (Phi) is 4.78. The van der Waals surface area contributed by atoms with Crippen LogP contribution in [-0.4, -0.2) is 24.4 Å². The van der Waals surface area contributed by atoms with E-state index in [1.54, 1.807) is 25.3 Å². The minimum atomic E-state index is -0.994. The van der Waals surface area contributed by atoms with E-state index in [2.05, 4.69) is 10.1 Å². The maximum atomic E-state index is 13.1. The van der Waals surface area contributed by atoms with E-state index in [0.717, 1.165) is 12.1 Å². The molecule has 0 atom stereocenters. The van der Waals surface area contributed by atoms with E-state index in [-0.39, 0.29) is 18.2 Å². The summed E-state index contributed by atoms with van der Waals surface area (Å²) < 4.78 is 46.9. The van der Waals surface area contributed by atoms with Crippen molar-refractivity contribution in [3.8, 4) is 28.6 Å². The van der Waals surface area contributed by atoms with Crippen molar-refractivity contribution in [2.24, 2.45) is 0 Å². The van der Waals surface area contributed by atoms with Gasteiger partial charge in [0.2, 0.25) is 5.82 Å². The van der Waals surface area contributed by atoms with Crippen LogP contribution < -0.4 is 14.2 Å². The SMILES string of the molecule is COc1ccc(-c2noc(COc3ccc(F)c(F)c3)n2)c(OC)c1. The van der Waals surface area contributed by atoms with Crippen LogP contribution >= 0.6 is 0 Å². The quantitative estimate of drug-likeness (QED) is 0.678. The molecule has 0 radical (unpaired) electrons. The summed E-state index contributed by atoms with van der Waals surface area (Å²) in [4.78, 5) is 4.21. The summed E-state index contributed by atoms with van der Waals surface area (Å²) in [6.45, 7) is -0.0868. The largest absolute Gasteiger partial charge is 0.497 e. The van der Waals surface area contributed by atoms with Crippen LogP contribution in [0.2, 0.25) is 0 Å². The molecule has 8 heteroatoms. The van der Waals surface area contributed by atoms with E-state index in [4.69, 9.17) is 18.7 Å². The smallest absolute Gasteiger partial charge is 0.264 e. The van der Waals surface area contributed by atoms with E-state index in [1.807, 2.05) is 0 Å². The van der Waals surface area contributed by atoms with Crippen LogP contribution in [0.4, 0.5) is 8.78 Å². The molecular weight excluding hydrogens is 334 g/mol. The first-order chi connectivity index (χ1) is 12.1. The molecule has 0 spiro atoms. The highest BCUT2D eigenvalue weighted by Crippen LogP contribution is 2.31. The summed E-state index contributed by atoms with van der Waals surface area (Å²) in [5.74, 6) is -0.147. The Bertz CT molecular complexity index is 883. The molecule has 0 bridgehead atoms. The van der Waals surface area contributed by atoms with Crippen LogP contribution in [-0.2, 0) is 6.61 Å². The first-order valence-corrected chi connectivity index (χ1v) is 7.23. The van der Waals surface area contributed by atoms with Gasteiger partial charge in [-0.15, -0.1) is 0 Å². The number of hydrogen-bond donors (Lipinski definition) is 0. The lowest BCUT2D eigenvalue weighted by Gasteiger charge is -2.07. The minimum absolute atomic E-state index is 0.0868. The van der Waals surface area contributed by atoms with Crippen molar-refractivity contribution in [3.05, 3.63) is 53.9 Å². The number of aromatic nitrogens is 2. The monoisotopic (exact) mass is 348 g/mol. The lowest BCUT2D eigenvalue weighted by molar-refractivity contribution is 0.241. The number of nitrogens with zero attached hydrogens (tertiary/aromatic N) is 2. The summed E-state index contributed by atoms with van der Waals surface area (Å²) in [5, 5.41) is 3.87. The van der Waals surface area contributed by atoms with E-state index in [9.17, 15) is 8.78 Å². The average Bonchev–Trinajstić information content (AvgIpc) is 3.11. The topological polar surface area (TPSA) is 66.6 Å². The van der Waals surface area contributed by atoms with Gasteiger partial charge in [-0.2, -0.15) is 4.98 Å². The van der Waals surface area contributed by atoms with E-state index >= 15 is 0 Å². The third-order valence-corrected chi connectivity index (χ3v) is 3.37. The zero-order chi connectivity index (χ0) is 17.8. The van der Waals surface area contributed by atoms with Crippen LogP contribution in [0.15, 0.2) is 40.9 Å². The Hall–Kier alpha value is -3.16. The Morgan fingerprint density at radius 1 is 0.960 bits per heavy atom. The number of benzene rings is 2. The maximum absolute atomic E-state index is 13.1. The van der Waals surface area contributed by atoms with Crippen molar-refractivity contribution in [3.63, 3.8) is 0 Å². The van der Waals surface area contributed by atoms with E-state index < -0.39 is 11.6 Å². The maximum Gasteiger partial charge on any atom is 0.264 e. The second-order valence-corrected chi connectivity index (χ2v) is 4.94. The molecule has 25 heavy (non-hydrogen) atoms. The van der Waals surface area contributed by atoms with Crippen molar-refractivity contribution in [2.45, 2.75) is 6.61 Å². The normalized spacial score (nSPS) is 10.6. The van der Waals surface area contributed by atoms with E-state index in [0.29, 0.717) is 22.9 Å². The number of hydrogen-bond acceptors (Lipinski definition) is 6. The lowest BCUT2D eigenvalue weighted by atomic mass is 10.2. The highest BCUT2D eigenvalue weighted by Gasteiger charge is 2.15. The molecular formula is C17H14F2N2O4. The molecule has 0 N–H and O–H groups in total. The first kappa shape index (κ1) is 16.7. The second-order valence-electron chi connectivity index (χ2n) is 4.94. The van der Waals surface area contributed by atoms with Crippen LogP contribution in [0.1, 0.15) is 5.89 Å². The van der Waals surface area contributed by atoms with Gasteiger partial charge in [0, 0.05) is 12.1 Å². The molecule has 0 aliphatic carbocycles. The number of methoxy groups -OCH3 is 2. The zero-order valence-electron chi connectivity index (χ0n) is 13.5. The Balaban J connectivity index is 1.75. The number of rotatable bonds is 6. The predicted octanol–water partition coefficient (Wildman–Crippen LogP) is 3.61. The fourth-order valence-electron chi connectivity index (χ4n) is 2.12. The molecule has 0 fully saturated rings. The highest BCUT2D eigenvalue weighted by molar-refractivity contribution is 5.65. The summed E-state index contributed by atoms with van der Waals surface area (Å²) >= 11 is 0. The molecule has 0 saturated heterocycles. The van der Waals surface area contributed by atoms with Gasteiger partial charge in [-0.25, -0.2) is 8.78 Å². The van der Waals surface area contributed by atoms with Gasteiger partial charge in [0.1, 0.15) is 17.2 Å². The van der Waals surface area contributed by atoms with Gasteiger partial charge in [0.15, 0.2) is 18.2 Å². The molecule has 0 unspecified atom stereocenters. The van der Waals surface area contributed by atoms with Crippen LogP contribution in [0.5, 0.6) is 17.2 Å². The van der Waals surface area contributed by atoms with Gasteiger partial charge in [-0.3, -0.25) is 0 Å². The molecule has 0 saturated carbocycles. The molecule has 3 rings (SSSR count). The van der Waals surface area contributed by atoms with Crippen LogP contribution in [0, 0.1) is 11.6 Å². The van der Waals surface area contributed by atoms with E-state index in [1.165, 1.54) is 13.2 Å².